The molecule has 0 N–H and O–H groups in total. The fourth-order valence-corrected chi connectivity index (χ4v) is 2.10. The van der Waals surface area contributed by atoms with Gasteiger partial charge in [-0.3, -0.25) is 0 Å². The second kappa shape index (κ2) is 5.33. The van der Waals surface area contributed by atoms with Gasteiger partial charge in [0.25, 0.3) is 0 Å². The molecule has 0 fully saturated rings. The highest BCUT2D eigenvalue weighted by Crippen LogP contribution is 2.21. The van der Waals surface area contributed by atoms with Gasteiger partial charge in [0.1, 0.15) is 6.33 Å². The molecular formula is C15H11N5. The van der Waals surface area contributed by atoms with E-state index >= 15 is 0 Å². The third kappa shape index (κ3) is 2.40. The van der Waals surface area contributed by atoms with E-state index in [9.17, 15) is 5.26 Å². The molecule has 2 aromatic carbocycles. The van der Waals surface area contributed by atoms with Crippen LogP contribution in [0.1, 0.15) is 5.56 Å². The van der Waals surface area contributed by atoms with Crippen molar-refractivity contribution < 1.29 is 0 Å². The van der Waals surface area contributed by atoms with Crippen molar-refractivity contribution in [3.63, 3.8) is 0 Å². The zero-order valence-corrected chi connectivity index (χ0v) is 10.6. The number of tetrazole rings is 1. The van der Waals surface area contributed by atoms with Gasteiger partial charge >= 0.3 is 0 Å². The van der Waals surface area contributed by atoms with Gasteiger partial charge in [-0.25, -0.2) is 4.68 Å². The average molecular weight is 261 g/mol. The minimum atomic E-state index is 0.368. The Kier molecular flexibility index (Phi) is 3.21. The average Bonchev–Trinajstić information content (AvgIpc) is 3.00. The van der Waals surface area contributed by atoms with Crippen molar-refractivity contribution in [2.24, 2.45) is 0 Å². The Morgan fingerprint density at radius 2 is 2.05 bits per heavy atom. The molecule has 1 heterocycles. The molecule has 0 spiro atoms. The fourth-order valence-electron chi connectivity index (χ4n) is 2.10. The zero-order chi connectivity index (χ0) is 13.8. The molecule has 3 aromatic rings. The summed E-state index contributed by atoms with van der Waals surface area (Å²) in [5.74, 6) is 0. The maximum Gasteiger partial charge on any atom is 0.138 e. The van der Waals surface area contributed by atoms with Crippen LogP contribution in [0.15, 0.2) is 54.4 Å². The maximum atomic E-state index is 9.26. The molecule has 0 bridgehead atoms. The van der Waals surface area contributed by atoms with Gasteiger partial charge in [-0.15, -0.1) is 5.10 Å². The highest BCUT2D eigenvalue weighted by atomic mass is 15.5. The van der Waals surface area contributed by atoms with Crippen molar-refractivity contribution in [2.75, 3.05) is 0 Å². The molecule has 0 atom stereocenters. The topological polar surface area (TPSA) is 67.4 Å². The summed E-state index contributed by atoms with van der Waals surface area (Å²) >= 11 is 0. The van der Waals surface area contributed by atoms with E-state index < -0.39 is 0 Å². The molecule has 20 heavy (non-hydrogen) atoms. The van der Waals surface area contributed by atoms with Crippen LogP contribution in [0.4, 0.5) is 0 Å². The van der Waals surface area contributed by atoms with Crippen molar-refractivity contribution in [1.29, 1.82) is 5.26 Å². The Morgan fingerprint density at radius 3 is 2.85 bits per heavy atom. The fraction of sp³-hybridized carbons (Fsp3) is 0.0667. The molecule has 5 heteroatoms. The summed E-state index contributed by atoms with van der Waals surface area (Å²) in [7, 11) is 0. The summed E-state index contributed by atoms with van der Waals surface area (Å²) in [6, 6.07) is 16.3. The number of hydrogen-bond acceptors (Lipinski definition) is 4. The summed E-state index contributed by atoms with van der Waals surface area (Å²) < 4.78 is 1.53. The van der Waals surface area contributed by atoms with E-state index in [1.54, 1.807) is 0 Å². The number of nitriles is 1. The molecular weight excluding hydrogens is 250 g/mol. The van der Waals surface area contributed by atoms with Crippen molar-refractivity contribution in [3.05, 3.63) is 59.9 Å². The van der Waals surface area contributed by atoms with Crippen molar-refractivity contribution >= 4 is 16.8 Å². The molecule has 96 valence electrons. The van der Waals surface area contributed by atoms with Crippen LogP contribution < -0.4 is 0 Å². The second-order valence-corrected chi connectivity index (χ2v) is 4.36. The number of rotatable bonds is 3. The van der Waals surface area contributed by atoms with Gasteiger partial charge in [-0.2, -0.15) is 5.26 Å². The monoisotopic (exact) mass is 261 g/mol. The molecule has 1 aromatic heterocycles. The largest absolute Gasteiger partial charge is 0.227 e. The molecule has 3 rings (SSSR count). The van der Waals surface area contributed by atoms with E-state index in [1.165, 1.54) is 11.0 Å². The highest BCUT2D eigenvalue weighted by Gasteiger charge is 2.02. The number of hydrogen-bond donors (Lipinski definition) is 0. The standard InChI is InChI=1S/C15H11N5/c16-9-12(10-20-11-17-18-19-20)8-14-6-3-5-13-4-1-2-7-15(13)14/h1-8,11H,10H2/b12-8+. The number of nitrogens with zero attached hydrogens (tertiary/aromatic N) is 5. The Hall–Kier alpha value is -3.00. The molecule has 0 aliphatic rings. The normalized spacial score (nSPS) is 11.4. The van der Waals surface area contributed by atoms with Crippen LogP contribution in [-0.2, 0) is 6.54 Å². The number of aromatic nitrogens is 4. The summed E-state index contributed by atoms with van der Waals surface area (Å²) in [6.07, 6.45) is 3.37. The molecule has 0 amide bonds. The molecule has 0 aliphatic carbocycles. The van der Waals surface area contributed by atoms with E-state index in [1.807, 2.05) is 36.4 Å². The second-order valence-electron chi connectivity index (χ2n) is 4.36. The smallest absolute Gasteiger partial charge is 0.138 e. The predicted molar refractivity (Wildman–Crippen MR) is 75.4 cm³/mol. The van der Waals surface area contributed by atoms with Gasteiger partial charge in [0.05, 0.1) is 18.2 Å². The van der Waals surface area contributed by atoms with Crippen LogP contribution in [0.3, 0.4) is 0 Å². The van der Waals surface area contributed by atoms with Gasteiger partial charge in [-0.1, -0.05) is 42.5 Å². The molecule has 0 saturated carbocycles. The van der Waals surface area contributed by atoms with E-state index in [4.69, 9.17) is 0 Å². The van der Waals surface area contributed by atoms with Gasteiger partial charge in [0.2, 0.25) is 0 Å². The van der Waals surface area contributed by atoms with E-state index in [2.05, 4.69) is 33.7 Å². The minimum Gasteiger partial charge on any atom is -0.227 e. The number of fused-ring (bicyclic) bond motifs is 1. The van der Waals surface area contributed by atoms with Crippen LogP contribution in [0.2, 0.25) is 0 Å². The van der Waals surface area contributed by atoms with E-state index in [0.29, 0.717) is 12.1 Å². The Morgan fingerprint density at radius 1 is 1.20 bits per heavy atom. The third-order valence-electron chi connectivity index (χ3n) is 3.02. The molecule has 5 nitrogen and oxygen atoms in total. The lowest BCUT2D eigenvalue weighted by Crippen LogP contribution is -2.00. The molecule has 0 radical (unpaired) electrons. The van der Waals surface area contributed by atoms with Crippen LogP contribution in [0.25, 0.3) is 16.8 Å². The molecule has 0 aliphatic heterocycles. The van der Waals surface area contributed by atoms with Crippen LogP contribution in [-0.4, -0.2) is 20.2 Å². The lowest BCUT2D eigenvalue weighted by molar-refractivity contribution is 0.650. The van der Waals surface area contributed by atoms with Crippen molar-refractivity contribution in [3.8, 4) is 6.07 Å². The summed E-state index contributed by atoms with van der Waals surface area (Å²) in [6.45, 7) is 0.368. The first-order valence-electron chi connectivity index (χ1n) is 6.16. The minimum absolute atomic E-state index is 0.368. The summed E-state index contributed by atoms with van der Waals surface area (Å²) in [5.41, 5.74) is 1.63. The van der Waals surface area contributed by atoms with E-state index in [-0.39, 0.29) is 0 Å². The van der Waals surface area contributed by atoms with Gasteiger partial charge < -0.3 is 0 Å². The number of benzene rings is 2. The third-order valence-corrected chi connectivity index (χ3v) is 3.02. The Balaban J connectivity index is 2.02. The van der Waals surface area contributed by atoms with Gasteiger partial charge in [-0.05, 0) is 32.8 Å². The first-order chi connectivity index (χ1) is 9.86. The first kappa shape index (κ1) is 12.1. The quantitative estimate of drug-likeness (QED) is 0.679. The molecule has 0 unspecified atom stereocenters. The molecule has 0 saturated heterocycles. The maximum absolute atomic E-state index is 9.26. The lowest BCUT2D eigenvalue weighted by atomic mass is 10.0. The SMILES string of the molecule is N#C/C(=C\c1cccc2ccccc12)Cn1cnnn1. The summed E-state index contributed by atoms with van der Waals surface area (Å²) in [5, 5.41) is 22.4. The number of allylic oxidation sites excluding steroid dienone is 1. The van der Waals surface area contributed by atoms with Crippen LogP contribution in [0, 0.1) is 11.3 Å². The first-order valence-corrected chi connectivity index (χ1v) is 6.16. The lowest BCUT2D eigenvalue weighted by Gasteiger charge is -2.03. The highest BCUT2D eigenvalue weighted by molar-refractivity contribution is 5.91. The van der Waals surface area contributed by atoms with Crippen LogP contribution in [0.5, 0.6) is 0 Å². The van der Waals surface area contributed by atoms with Crippen molar-refractivity contribution in [1.82, 2.24) is 20.2 Å². The van der Waals surface area contributed by atoms with Gasteiger partial charge in [0.15, 0.2) is 0 Å². The Bertz CT molecular complexity index is 791. The van der Waals surface area contributed by atoms with E-state index in [0.717, 1.165) is 16.3 Å². The zero-order valence-electron chi connectivity index (χ0n) is 10.6. The summed E-state index contributed by atoms with van der Waals surface area (Å²) in [4.78, 5) is 0. The van der Waals surface area contributed by atoms with Crippen LogP contribution >= 0.6 is 0 Å². The van der Waals surface area contributed by atoms with Crippen molar-refractivity contribution in [2.45, 2.75) is 6.54 Å². The predicted octanol–water partition coefficient (Wildman–Crippen LogP) is 2.43. The Labute approximate surface area is 115 Å². The van der Waals surface area contributed by atoms with Gasteiger partial charge in [0, 0.05) is 0 Å².